The van der Waals surface area contributed by atoms with Crippen molar-refractivity contribution in [1.82, 2.24) is 41.9 Å². The predicted octanol–water partition coefficient (Wildman–Crippen LogP) is 3.29. The maximum atomic E-state index is 15.0. The third kappa shape index (κ3) is 15.4. The van der Waals surface area contributed by atoms with E-state index in [2.05, 4.69) is 41.9 Å². The topological polar surface area (TPSA) is 318 Å². The van der Waals surface area contributed by atoms with E-state index >= 15 is 4.79 Å². The molecular formula is C58H71N11O8. The molecule has 0 saturated heterocycles. The van der Waals surface area contributed by atoms with Crippen LogP contribution in [0, 0.1) is 5.92 Å². The first-order chi connectivity index (χ1) is 37.0. The Bertz CT molecular complexity index is 3020. The first-order valence-electron chi connectivity index (χ1n) is 26.3. The number of carbonyl (C=O) groups is 8. The van der Waals surface area contributed by atoms with Crippen molar-refractivity contribution in [3.63, 3.8) is 0 Å². The van der Waals surface area contributed by atoms with Crippen LogP contribution in [0.3, 0.4) is 0 Å². The van der Waals surface area contributed by atoms with Gasteiger partial charge in [0.25, 0.3) is 0 Å². The Balaban J connectivity index is 1.19. The average Bonchev–Trinajstić information content (AvgIpc) is 4.04. The Morgan fingerprint density at radius 3 is 1.42 bits per heavy atom. The molecule has 8 amide bonds. The van der Waals surface area contributed by atoms with E-state index in [1.54, 1.807) is 42.7 Å². The Labute approximate surface area is 447 Å². The highest BCUT2D eigenvalue weighted by Gasteiger charge is 2.42. The van der Waals surface area contributed by atoms with Crippen molar-refractivity contribution in [1.29, 1.82) is 0 Å². The molecule has 406 valence electrons. The molecule has 4 aromatic carbocycles. The average molecular weight is 1050 g/mol. The Kier molecular flexibility index (Phi) is 19.4. The zero-order chi connectivity index (χ0) is 55.1. The fourth-order valence-corrected chi connectivity index (χ4v) is 10.0. The fourth-order valence-electron chi connectivity index (χ4n) is 10.0. The number of benzene rings is 4. The Morgan fingerprint density at radius 1 is 0.506 bits per heavy atom. The lowest BCUT2D eigenvalue weighted by Gasteiger charge is -2.36. The molecule has 1 aliphatic rings. The van der Waals surface area contributed by atoms with Gasteiger partial charge in [-0.25, -0.2) is 0 Å². The molecule has 2 aromatic heterocycles. The van der Waals surface area contributed by atoms with Crippen LogP contribution >= 0.6 is 0 Å². The second kappa shape index (κ2) is 26.4. The minimum Gasteiger partial charge on any atom is -0.370 e. The molecule has 1 saturated carbocycles. The molecule has 19 heteroatoms. The molecule has 6 atom stereocenters. The van der Waals surface area contributed by atoms with Crippen LogP contribution in [0.15, 0.2) is 122 Å². The maximum Gasteiger partial charge on any atom is 0.243 e. The molecule has 2 heterocycles. The first kappa shape index (κ1) is 56.4. The molecule has 1 fully saturated rings. The van der Waals surface area contributed by atoms with Crippen LogP contribution in [0.25, 0.3) is 21.8 Å². The van der Waals surface area contributed by atoms with Crippen LogP contribution in [0.2, 0.25) is 0 Å². The van der Waals surface area contributed by atoms with Crippen LogP contribution in [0.1, 0.15) is 87.5 Å². The van der Waals surface area contributed by atoms with Crippen molar-refractivity contribution >= 4 is 69.1 Å². The van der Waals surface area contributed by atoms with Crippen LogP contribution in [-0.4, -0.2) is 99.0 Å². The van der Waals surface area contributed by atoms with Crippen molar-refractivity contribution < 1.29 is 38.4 Å². The largest absolute Gasteiger partial charge is 0.370 e. The highest BCUT2D eigenvalue weighted by Crippen LogP contribution is 2.29. The summed E-state index contributed by atoms with van der Waals surface area (Å²) in [6, 6.07) is 25.2. The normalized spacial score (nSPS) is 15.5. The summed E-state index contributed by atoms with van der Waals surface area (Å²) in [5.41, 5.74) is 20.8. The molecule has 7 rings (SSSR count). The van der Waals surface area contributed by atoms with E-state index in [4.69, 9.17) is 17.2 Å². The monoisotopic (exact) mass is 1050 g/mol. The molecule has 6 aromatic rings. The van der Waals surface area contributed by atoms with Crippen LogP contribution in [-0.2, 0) is 64.0 Å². The van der Waals surface area contributed by atoms with E-state index in [9.17, 15) is 33.6 Å². The van der Waals surface area contributed by atoms with E-state index in [-0.39, 0.29) is 50.9 Å². The number of para-hydroxylation sites is 2. The third-order valence-electron chi connectivity index (χ3n) is 14.2. The van der Waals surface area contributed by atoms with E-state index < -0.39 is 89.0 Å². The van der Waals surface area contributed by atoms with E-state index in [0.717, 1.165) is 33.8 Å². The quantitative estimate of drug-likeness (QED) is 0.0379. The maximum absolute atomic E-state index is 15.0. The second-order valence-electron chi connectivity index (χ2n) is 20.5. The van der Waals surface area contributed by atoms with Gasteiger partial charge in [-0.15, -0.1) is 0 Å². The van der Waals surface area contributed by atoms with Gasteiger partial charge in [-0.3, -0.25) is 38.4 Å². The van der Waals surface area contributed by atoms with Gasteiger partial charge in [0.2, 0.25) is 47.3 Å². The van der Waals surface area contributed by atoms with Crippen molar-refractivity contribution in [3.05, 3.63) is 144 Å². The zero-order valence-electron chi connectivity index (χ0n) is 43.6. The van der Waals surface area contributed by atoms with Gasteiger partial charge in [0.15, 0.2) is 0 Å². The zero-order valence-corrected chi connectivity index (χ0v) is 43.6. The Morgan fingerprint density at radius 2 is 0.935 bits per heavy atom. The molecule has 0 aliphatic heterocycles. The van der Waals surface area contributed by atoms with Gasteiger partial charge < -0.3 is 59.1 Å². The molecule has 14 N–H and O–H groups in total. The predicted molar refractivity (Wildman–Crippen MR) is 293 cm³/mol. The van der Waals surface area contributed by atoms with Crippen LogP contribution < -0.4 is 49.1 Å². The molecule has 19 nitrogen and oxygen atoms in total. The number of carbonyl (C=O) groups excluding carboxylic acids is 8. The van der Waals surface area contributed by atoms with E-state index in [0.29, 0.717) is 42.4 Å². The lowest BCUT2D eigenvalue weighted by Crippen LogP contribution is -2.63. The van der Waals surface area contributed by atoms with Crippen molar-refractivity contribution in [2.24, 2.45) is 23.1 Å². The number of fused-ring (bicyclic) bond motifs is 2. The molecule has 0 radical (unpaired) electrons. The summed E-state index contributed by atoms with van der Waals surface area (Å²) in [7, 11) is 0. The summed E-state index contributed by atoms with van der Waals surface area (Å²) in [4.78, 5) is 118. The molecule has 0 bridgehead atoms. The summed E-state index contributed by atoms with van der Waals surface area (Å²) in [6.45, 7) is 3.79. The second-order valence-corrected chi connectivity index (χ2v) is 20.5. The standard InChI is InChI=1S/C58H71N11O8/c1-35(2)28-46(56(76)69-58(57(61)77)26-14-5-15-27-58)65-54(74)49(32-39-34-63-44-23-13-11-21-41(39)44)68-53(73)47(30-37-18-8-4-9-19-37)66-55(75)48(31-38-33-62-43-22-12-10-20-40(38)43)67-52(72)45(24-25-50(60)70)64-51(71)42(59)29-36-16-6-3-7-17-36/h3-4,6-13,16-23,33-35,42,45-49,62-63H,5,14-15,24-32,59H2,1-2H3,(H2,60,70)(H2,61,77)(H,64,71)(H,65,74)(H,66,75)(H,67,72)(H,68,73)(H,69,76)/t42-,45+,46+,47+,48-,49-/m1/s1. The molecular weight excluding hydrogens is 979 g/mol. The number of rotatable bonds is 26. The van der Waals surface area contributed by atoms with Gasteiger partial charge in [0.1, 0.15) is 35.7 Å². The lowest BCUT2D eigenvalue weighted by molar-refractivity contribution is -0.137. The van der Waals surface area contributed by atoms with Crippen molar-refractivity contribution in [2.75, 3.05) is 0 Å². The lowest BCUT2D eigenvalue weighted by atomic mass is 9.80. The van der Waals surface area contributed by atoms with Gasteiger partial charge in [-0.2, -0.15) is 0 Å². The number of hydrogen-bond donors (Lipinski definition) is 11. The van der Waals surface area contributed by atoms with Gasteiger partial charge in [-0.1, -0.05) is 130 Å². The minimum atomic E-state index is -1.38. The number of aromatic nitrogens is 2. The number of primary amides is 2. The van der Waals surface area contributed by atoms with Crippen LogP contribution in [0.4, 0.5) is 0 Å². The summed E-state index contributed by atoms with van der Waals surface area (Å²) in [5, 5.41) is 18.6. The van der Waals surface area contributed by atoms with Gasteiger partial charge in [0.05, 0.1) is 6.04 Å². The fraction of sp³-hybridized carbons (Fsp3) is 0.379. The highest BCUT2D eigenvalue weighted by molar-refractivity contribution is 5.99. The smallest absolute Gasteiger partial charge is 0.243 e. The first-order valence-corrected chi connectivity index (χ1v) is 26.3. The van der Waals surface area contributed by atoms with Gasteiger partial charge in [0, 0.05) is 59.9 Å². The number of hydrogen-bond acceptors (Lipinski definition) is 9. The minimum absolute atomic E-state index is 0.0402. The van der Waals surface area contributed by atoms with Crippen molar-refractivity contribution in [3.8, 4) is 0 Å². The number of nitrogens with two attached hydrogens (primary N) is 3. The Hall–Kier alpha value is -8.32. The molecule has 0 spiro atoms. The molecule has 1 aliphatic carbocycles. The number of nitrogens with one attached hydrogen (secondary N) is 8. The third-order valence-corrected chi connectivity index (χ3v) is 14.2. The summed E-state index contributed by atoms with van der Waals surface area (Å²) in [5.74, 6) is -5.73. The summed E-state index contributed by atoms with van der Waals surface area (Å²) in [6.07, 6.45) is 6.14. The van der Waals surface area contributed by atoms with E-state index in [1.807, 2.05) is 92.7 Å². The molecule has 0 unspecified atom stereocenters. The summed E-state index contributed by atoms with van der Waals surface area (Å²) < 4.78 is 0. The summed E-state index contributed by atoms with van der Waals surface area (Å²) >= 11 is 0. The SMILES string of the molecule is CC(C)C[C@H](NC(=O)[C@@H](Cc1c[nH]c2ccccc12)NC(=O)[C@H](Cc1ccccc1)NC(=O)[C@@H](Cc1c[nH]c2ccccc12)NC(=O)[C@H](CCC(N)=O)NC(=O)[C@H](N)Cc1ccccc1)C(=O)NC1(C(N)=O)CCCCC1. The number of aromatic amines is 2. The van der Waals surface area contributed by atoms with Crippen molar-refractivity contribution in [2.45, 2.75) is 133 Å². The van der Waals surface area contributed by atoms with Gasteiger partial charge >= 0.3 is 0 Å². The highest BCUT2D eigenvalue weighted by atomic mass is 16.2. The molecule has 77 heavy (non-hydrogen) atoms. The number of amides is 8. The van der Waals surface area contributed by atoms with E-state index in [1.165, 1.54) is 0 Å². The number of H-pyrrole nitrogens is 2. The van der Waals surface area contributed by atoms with Crippen LogP contribution in [0.5, 0.6) is 0 Å². The van der Waals surface area contributed by atoms with Gasteiger partial charge in [-0.05, 0) is 72.4 Å².